The third kappa shape index (κ3) is 1.78. The normalized spacial score (nSPS) is 10.4. The zero-order valence-corrected chi connectivity index (χ0v) is 9.99. The van der Waals surface area contributed by atoms with Crippen molar-refractivity contribution in [1.29, 1.82) is 0 Å². The van der Waals surface area contributed by atoms with Crippen molar-refractivity contribution in [2.24, 2.45) is 7.05 Å². The first-order valence-corrected chi connectivity index (χ1v) is 5.71. The van der Waals surface area contributed by atoms with Crippen LogP contribution in [0.3, 0.4) is 0 Å². The van der Waals surface area contributed by atoms with Gasteiger partial charge < -0.3 is 9.30 Å². The van der Waals surface area contributed by atoms with Gasteiger partial charge in [-0.1, -0.05) is 23.9 Å². The smallest absolute Gasteiger partial charge is 0.191 e. The van der Waals surface area contributed by atoms with Crippen molar-refractivity contribution in [3.63, 3.8) is 0 Å². The molecule has 0 spiro atoms. The molecule has 2 aromatic rings. The summed E-state index contributed by atoms with van der Waals surface area (Å²) in [6.07, 6.45) is 3.73. The van der Waals surface area contributed by atoms with Crippen molar-refractivity contribution in [2.75, 3.05) is 7.11 Å². The van der Waals surface area contributed by atoms with Gasteiger partial charge in [0, 0.05) is 13.3 Å². The molecule has 1 radical (unpaired) electrons. The van der Waals surface area contributed by atoms with E-state index in [1.807, 2.05) is 35.9 Å². The number of hydrogen-bond donors (Lipinski definition) is 0. The molecule has 0 unspecified atom stereocenters. The summed E-state index contributed by atoms with van der Waals surface area (Å²) in [5.74, 6) is 1.57. The standard InChI is InChI=1S/C11H12N3OS/c1-14-10(12-13-11(14)16-3)8-6-4-5-7-9(8)15-2/h4-7H,3H2,1-2H3. The quantitative estimate of drug-likeness (QED) is 0.764. The first kappa shape index (κ1) is 11.0. The molecule has 0 bridgehead atoms. The molecule has 16 heavy (non-hydrogen) atoms. The highest BCUT2D eigenvalue weighted by Gasteiger charge is 2.13. The molecule has 0 aliphatic rings. The molecule has 0 amide bonds. The summed E-state index contributed by atoms with van der Waals surface area (Å²) >= 11 is 1.32. The Hall–Kier alpha value is -1.49. The molecule has 0 atom stereocenters. The average Bonchev–Trinajstić information content (AvgIpc) is 2.70. The van der Waals surface area contributed by atoms with Gasteiger partial charge >= 0.3 is 0 Å². The van der Waals surface area contributed by atoms with Gasteiger partial charge in [0.25, 0.3) is 0 Å². The second kappa shape index (κ2) is 4.57. The van der Waals surface area contributed by atoms with Gasteiger partial charge in [-0.2, -0.15) is 0 Å². The van der Waals surface area contributed by atoms with Crippen LogP contribution >= 0.6 is 11.8 Å². The van der Waals surface area contributed by atoms with E-state index in [2.05, 4.69) is 16.5 Å². The van der Waals surface area contributed by atoms with E-state index in [4.69, 9.17) is 4.74 Å². The molecule has 0 aliphatic carbocycles. The Morgan fingerprint density at radius 1 is 1.31 bits per heavy atom. The van der Waals surface area contributed by atoms with E-state index in [1.54, 1.807) is 7.11 Å². The summed E-state index contributed by atoms with van der Waals surface area (Å²) in [5, 5.41) is 8.96. The van der Waals surface area contributed by atoms with Crippen molar-refractivity contribution in [3.05, 3.63) is 30.5 Å². The van der Waals surface area contributed by atoms with Crippen LogP contribution in [0, 0.1) is 6.26 Å². The number of thioether (sulfide) groups is 1. The fourth-order valence-corrected chi connectivity index (χ4v) is 1.88. The van der Waals surface area contributed by atoms with Gasteiger partial charge in [-0.15, -0.1) is 10.2 Å². The van der Waals surface area contributed by atoms with E-state index in [9.17, 15) is 0 Å². The fourth-order valence-electron chi connectivity index (χ4n) is 1.50. The third-order valence-electron chi connectivity index (χ3n) is 2.31. The predicted molar refractivity (Wildman–Crippen MR) is 64.2 cm³/mol. The number of methoxy groups -OCH3 is 1. The van der Waals surface area contributed by atoms with Crippen LogP contribution in [-0.4, -0.2) is 21.9 Å². The fraction of sp³-hybridized carbons (Fsp3) is 0.182. The van der Waals surface area contributed by atoms with E-state index in [0.717, 1.165) is 22.3 Å². The topological polar surface area (TPSA) is 39.9 Å². The first-order chi connectivity index (χ1) is 7.77. The minimum absolute atomic E-state index is 0.779. The van der Waals surface area contributed by atoms with Gasteiger partial charge in [-0.25, -0.2) is 0 Å². The number of ether oxygens (including phenoxy) is 1. The Labute approximate surface area is 98.6 Å². The molecule has 0 saturated carbocycles. The maximum Gasteiger partial charge on any atom is 0.191 e. The van der Waals surface area contributed by atoms with Crippen LogP contribution < -0.4 is 4.74 Å². The molecule has 0 N–H and O–H groups in total. The molecular formula is C11H12N3OS. The highest BCUT2D eigenvalue weighted by atomic mass is 32.2. The molecule has 2 rings (SSSR count). The highest BCUT2D eigenvalue weighted by Crippen LogP contribution is 2.29. The second-order valence-electron chi connectivity index (χ2n) is 3.21. The number of rotatable bonds is 3. The van der Waals surface area contributed by atoms with E-state index >= 15 is 0 Å². The van der Waals surface area contributed by atoms with Crippen LogP contribution in [0.2, 0.25) is 0 Å². The molecule has 5 heteroatoms. The summed E-state index contributed by atoms with van der Waals surface area (Å²) in [4.78, 5) is 0. The molecule has 0 aliphatic heterocycles. The Morgan fingerprint density at radius 3 is 2.69 bits per heavy atom. The number of aromatic nitrogens is 3. The molecule has 1 aromatic carbocycles. The molecule has 0 fully saturated rings. The summed E-state index contributed by atoms with van der Waals surface area (Å²) in [7, 11) is 3.56. The predicted octanol–water partition coefficient (Wildman–Crippen LogP) is 2.37. The molecule has 0 saturated heterocycles. The average molecular weight is 234 g/mol. The minimum atomic E-state index is 0.779. The highest BCUT2D eigenvalue weighted by molar-refractivity contribution is 8.00. The van der Waals surface area contributed by atoms with Crippen LogP contribution in [-0.2, 0) is 7.05 Å². The van der Waals surface area contributed by atoms with Crippen LogP contribution in [0.4, 0.5) is 0 Å². The molecule has 1 heterocycles. The van der Waals surface area contributed by atoms with Crippen LogP contribution in [0.15, 0.2) is 29.4 Å². The van der Waals surface area contributed by atoms with E-state index in [1.165, 1.54) is 11.8 Å². The van der Waals surface area contributed by atoms with Crippen molar-refractivity contribution in [3.8, 4) is 17.1 Å². The van der Waals surface area contributed by atoms with Gasteiger partial charge in [0.15, 0.2) is 11.0 Å². The van der Waals surface area contributed by atoms with E-state index in [-0.39, 0.29) is 0 Å². The Balaban J connectivity index is 2.54. The molecule has 1 aromatic heterocycles. The lowest BCUT2D eigenvalue weighted by Crippen LogP contribution is -1.96. The van der Waals surface area contributed by atoms with Gasteiger partial charge in [0.2, 0.25) is 0 Å². The summed E-state index contributed by atoms with van der Waals surface area (Å²) < 4.78 is 7.19. The lowest BCUT2D eigenvalue weighted by atomic mass is 10.2. The van der Waals surface area contributed by atoms with Crippen molar-refractivity contribution in [2.45, 2.75) is 5.16 Å². The maximum atomic E-state index is 5.29. The minimum Gasteiger partial charge on any atom is -0.496 e. The summed E-state index contributed by atoms with van der Waals surface area (Å²) in [6, 6.07) is 7.74. The molecule has 83 valence electrons. The Kier molecular flexibility index (Phi) is 3.14. The SMILES string of the molecule is [CH2]Sc1nnc(-c2ccccc2OC)n1C. The second-order valence-corrected chi connectivity index (χ2v) is 3.86. The van der Waals surface area contributed by atoms with E-state index in [0.29, 0.717) is 0 Å². The van der Waals surface area contributed by atoms with Crippen LogP contribution in [0.1, 0.15) is 0 Å². The zero-order chi connectivity index (χ0) is 11.5. The number of hydrogen-bond acceptors (Lipinski definition) is 4. The molecule has 4 nitrogen and oxygen atoms in total. The van der Waals surface area contributed by atoms with Gasteiger partial charge in [-0.05, 0) is 12.1 Å². The van der Waals surface area contributed by atoms with Crippen LogP contribution in [0.25, 0.3) is 11.4 Å². The van der Waals surface area contributed by atoms with Gasteiger partial charge in [-0.3, -0.25) is 0 Å². The number of benzene rings is 1. The number of nitrogens with zero attached hydrogens (tertiary/aromatic N) is 3. The van der Waals surface area contributed by atoms with Crippen molar-refractivity contribution in [1.82, 2.24) is 14.8 Å². The van der Waals surface area contributed by atoms with Crippen molar-refractivity contribution < 1.29 is 4.74 Å². The van der Waals surface area contributed by atoms with Crippen molar-refractivity contribution >= 4 is 11.8 Å². The summed E-state index contributed by atoms with van der Waals surface area (Å²) in [5.41, 5.74) is 0.931. The Morgan fingerprint density at radius 2 is 2.06 bits per heavy atom. The maximum absolute atomic E-state index is 5.29. The van der Waals surface area contributed by atoms with E-state index < -0.39 is 0 Å². The lowest BCUT2D eigenvalue weighted by molar-refractivity contribution is 0.416. The van der Waals surface area contributed by atoms with Crippen LogP contribution in [0.5, 0.6) is 5.75 Å². The largest absolute Gasteiger partial charge is 0.496 e. The van der Waals surface area contributed by atoms with Gasteiger partial charge in [0.1, 0.15) is 5.75 Å². The lowest BCUT2D eigenvalue weighted by Gasteiger charge is -2.07. The number of para-hydroxylation sites is 1. The third-order valence-corrected chi connectivity index (χ3v) is 2.93. The monoisotopic (exact) mass is 234 g/mol. The Bertz CT molecular complexity index is 496. The summed E-state index contributed by atoms with van der Waals surface area (Å²) in [6.45, 7) is 0. The zero-order valence-electron chi connectivity index (χ0n) is 9.17. The molecular weight excluding hydrogens is 222 g/mol. The first-order valence-electron chi connectivity index (χ1n) is 4.72. The van der Waals surface area contributed by atoms with Gasteiger partial charge in [0.05, 0.1) is 12.7 Å².